The molecule has 1 rings (SSSR count). The van der Waals surface area contributed by atoms with Gasteiger partial charge in [0.15, 0.2) is 0 Å². The van der Waals surface area contributed by atoms with Gasteiger partial charge < -0.3 is 5.21 Å². The maximum Gasteiger partial charge on any atom is 0.0864 e. The van der Waals surface area contributed by atoms with Gasteiger partial charge in [-0.05, 0) is 24.8 Å². The summed E-state index contributed by atoms with van der Waals surface area (Å²) >= 11 is 0. The van der Waals surface area contributed by atoms with Crippen molar-refractivity contribution in [3.8, 4) is 0 Å². The molecule has 0 atom stereocenters. The summed E-state index contributed by atoms with van der Waals surface area (Å²) < 4.78 is 0. The van der Waals surface area contributed by atoms with Crippen LogP contribution in [-0.4, -0.2) is 10.9 Å². The molecule has 0 saturated carbocycles. The summed E-state index contributed by atoms with van der Waals surface area (Å²) in [5, 5.41) is 11.7. The molecular formula is C8H11NO. The van der Waals surface area contributed by atoms with Gasteiger partial charge in [-0.25, -0.2) is 0 Å². The first kappa shape index (κ1) is 7.06. The molecule has 0 unspecified atom stereocenters. The van der Waals surface area contributed by atoms with Gasteiger partial charge in [0.1, 0.15) is 0 Å². The van der Waals surface area contributed by atoms with Crippen molar-refractivity contribution in [3.63, 3.8) is 0 Å². The van der Waals surface area contributed by atoms with Crippen LogP contribution in [0.3, 0.4) is 0 Å². The molecule has 0 saturated heterocycles. The normalized spacial score (nSPS) is 22.4. The van der Waals surface area contributed by atoms with E-state index < -0.39 is 0 Å². The molecule has 1 aliphatic rings. The summed E-state index contributed by atoms with van der Waals surface area (Å²) in [6.07, 6.45) is 6.80. The Morgan fingerprint density at radius 3 is 3.00 bits per heavy atom. The fraction of sp³-hybridized carbons (Fsp3) is 0.375. The van der Waals surface area contributed by atoms with E-state index in [-0.39, 0.29) is 0 Å². The quantitative estimate of drug-likeness (QED) is 0.435. The Hall–Kier alpha value is -1.05. The van der Waals surface area contributed by atoms with Gasteiger partial charge in [0, 0.05) is 0 Å². The number of hydrogen-bond donors (Lipinski definition) is 1. The first-order valence-corrected chi connectivity index (χ1v) is 3.42. The smallest absolute Gasteiger partial charge is 0.0864 e. The van der Waals surface area contributed by atoms with E-state index >= 15 is 0 Å². The van der Waals surface area contributed by atoms with E-state index in [2.05, 4.69) is 11.7 Å². The van der Waals surface area contributed by atoms with E-state index in [1.54, 1.807) is 6.08 Å². The number of hydrogen-bond acceptors (Lipinski definition) is 2. The van der Waals surface area contributed by atoms with Crippen LogP contribution in [0.5, 0.6) is 0 Å². The molecule has 10 heavy (non-hydrogen) atoms. The first-order valence-electron chi connectivity index (χ1n) is 3.42. The van der Waals surface area contributed by atoms with Crippen molar-refractivity contribution in [1.82, 2.24) is 0 Å². The highest BCUT2D eigenvalue weighted by molar-refractivity contribution is 6.02. The van der Waals surface area contributed by atoms with Crippen LogP contribution in [0.25, 0.3) is 0 Å². The predicted molar refractivity (Wildman–Crippen MR) is 41.4 cm³/mol. The van der Waals surface area contributed by atoms with Crippen LogP contribution in [0.15, 0.2) is 29.5 Å². The molecule has 0 fully saturated rings. The van der Waals surface area contributed by atoms with Crippen molar-refractivity contribution in [2.24, 2.45) is 5.16 Å². The minimum atomic E-state index is 0.765. The molecule has 1 aliphatic carbocycles. The fourth-order valence-corrected chi connectivity index (χ4v) is 1.10. The lowest BCUT2D eigenvalue weighted by Crippen LogP contribution is -2.05. The maximum atomic E-state index is 8.49. The molecule has 0 amide bonds. The molecule has 54 valence electrons. The zero-order valence-electron chi connectivity index (χ0n) is 5.88. The molecule has 0 heterocycles. The highest BCUT2D eigenvalue weighted by Crippen LogP contribution is 2.15. The van der Waals surface area contributed by atoms with Crippen LogP contribution in [0.2, 0.25) is 0 Å². The molecule has 0 spiro atoms. The Balaban J connectivity index is 2.82. The maximum absolute atomic E-state index is 8.49. The summed E-state index contributed by atoms with van der Waals surface area (Å²) in [5.41, 5.74) is 1.75. The van der Waals surface area contributed by atoms with Gasteiger partial charge in [0.05, 0.1) is 5.71 Å². The van der Waals surface area contributed by atoms with E-state index in [4.69, 9.17) is 5.21 Å². The van der Waals surface area contributed by atoms with Gasteiger partial charge in [-0.2, -0.15) is 0 Å². The summed E-state index contributed by atoms with van der Waals surface area (Å²) in [6.45, 7) is 3.62. The van der Waals surface area contributed by atoms with Crippen LogP contribution in [0.4, 0.5) is 0 Å². The van der Waals surface area contributed by atoms with Crippen LogP contribution < -0.4 is 0 Å². The molecular weight excluding hydrogens is 126 g/mol. The van der Waals surface area contributed by atoms with Crippen LogP contribution in [0, 0.1) is 0 Å². The van der Waals surface area contributed by atoms with E-state index in [0.717, 1.165) is 30.5 Å². The van der Waals surface area contributed by atoms with Gasteiger partial charge in [0.25, 0.3) is 0 Å². The SMILES string of the molecule is C=CC1=CCCCC1=NO. The predicted octanol–water partition coefficient (Wildman–Crippen LogP) is 2.11. The highest BCUT2D eigenvalue weighted by atomic mass is 16.4. The molecule has 0 aliphatic heterocycles. The lowest BCUT2D eigenvalue weighted by Gasteiger charge is -2.09. The van der Waals surface area contributed by atoms with Gasteiger partial charge in [-0.3, -0.25) is 0 Å². The third-order valence-corrected chi connectivity index (χ3v) is 1.66. The zero-order chi connectivity index (χ0) is 7.40. The van der Waals surface area contributed by atoms with E-state index in [9.17, 15) is 0 Å². The molecule has 0 bridgehead atoms. The van der Waals surface area contributed by atoms with Gasteiger partial charge >= 0.3 is 0 Å². The zero-order valence-corrected chi connectivity index (χ0v) is 5.88. The summed E-state index contributed by atoms with van der Waals surface area (Å²) in [5.74, 6) is 0. The summed E-state index contributed by atoms with van der Waals surface area (Å²) in [7, 11) is 0. The highest BCUT2D eigenvalue weighted by Gasteiger charge is 2.07. The molecule has 2 heteroatoms. The van der Waals surface area contributed by atoms with Crippen LogP contribution in [-0.2, 0) is 0 Å². The standard InChI is InChI=1S/C8H11NO/c1-2-7-5-3-4-6-8(7)9-10/h2,5,10H,1,3-4,6H2. The second-order valence-corrected chi connectivity index (χ2v) is 2.30. The van der Waals surface area contributed by atoms with E-state index in [1.165, 1.54) is 0 Å². The van der Waals surface area contributed by atoms with Crippen molar-refractivity contribution < 1.29 is 5.21 Å². The topological polar surface area (TPSA) is 32.6 Å². The molecule has 2 nitrogen and oxygen atoms in total. The number of nitrogens with zero attached hydrogens (tertiary/aromatic N) is 1. The molecule has 1 N–H and O–H groups in total. The minimum Gasteiger partial charge on any atom is -0.411 e. The lowest BCUT2D eigenvalue weighted by molar-refractivity contribution is 0.317. The molecule has 0 aromatic carbocycles. The van der Waals surface area contributed by atoms with Crippen LogP contribution >= 0.6 is 0 Å². The summed E-state index contributed by atoms with van der Waals surface area (Å²) in [4.78, 5) is 0. The second-order valence-electron chi connectivity index (χ2n) is 2.30. The minimum absolute atomic E-state index is 0.765. The number of oxime groups is 1. The van der Waals surface area contributed by atoms with Gasteiger partial charge in [-0.15, -0.1) is 0 Å². The van der Waals surface area contributed by atoms with E-state index in [1.807, 2.05) is 6.08 Å². The Kier molecular flexibility index (Phi) is 2.26. The fourth-order valence-electron chi connectivity index (χ4n) is 1.10. The third-order valence-electron chi connectivity index (χ3n) is 1.66. The lowest BCUT2D eigenvalue weighted by atomic mass is 9.98. The van der Waals surface area contributed by atoms with Crippen molar-refractivity contribution in [2.45, 2.75) is 19.3 Å². The average molecular weight is 137 g/mol. The Bertz CT molecular complexity index is 191. The molecule has 0 radical (unpaired) electrons. The van der Waals surface area contributed by atoms with Gasteiger partial charge in [-0.1, -0.05) is 23.9 Å². The average Bonchev–Trinajstić information content (AvgIpc) is 2.04. The second kappa shape index (κ2) is 3.20. The van der Waals surface area contributed by atoms with Crippen molar-refractivity contribution in [1.29, 1.82) is 0 Å². The van der Waals surface area contributed by atoms with Crippen molar-refractivity contribution in [3.05, 3.63) is 24.3 Å². The Morgan fingerprint density at radius 2 is 2.50 bits per heavy atom. The Morgan fingerprint density at radius 1 is 1.70 bits per heavy atom. The summed E-state index contributed by atoms with van der Waals surface area (Å²) in [6, 6.07) is 0. The van der Waals surface area contributed by atoms with Crippen LogP contribution in [0.1, 0.15) is 19.3 Å². The third kappa shape index (κ3) is 1.26. The monoisotopic (exact) mass is 137 g/mol. The van der Waals surface area contributed by atoms with Gasteiger partial charge in [0.2, 0.25) is 0 Å². The molecule has 0 aromatic rings. The Labute approximate surface area is 60.6 Å². The van der Waals surface area contributed by atoms with E-state index in [0.29, 0.717) is 0 Å². The molecule has 0 aromatic heterocycles. The number of allylic oxidation sites excluding steroid dienone is 3. The first-order chi connectivity index (χ1) is 4.88. The number of rotatable bonds is 1. The largest absolute Gasteiger partial charge is 0.411 e. The van der Waals surface area contributed by atoms with Crippen molar-refractivity contribution in [2.75, 3.05) is 0 Å². The van der Waals surface area contributed by atoms with Crippen molar-refractivity contribution >= 4 is 5.71 Å².